The molecule has 0 bridgehead atoms. The molecular weight excluding hydrogens is 242 g/mol. The highest BCUT2D eigenvalue weighted by Gasteiger charge is 2.32. The summed E-state index contributed by atoms with van der Waals surface area (Å²) in [5.74, 6) is 0. The fourth-order valence-corrected chi connectivity index (χ4v) is 3.41. The van der Waals surface area contributed by atoms with Crippen molar-refractivity contribution in [2.45, 2.75) is 45.1 Å². The Hall–Kier alpha value is -1.60. The number of aryl methyl sites for hydroxylation is 3. The maximum atomic E-state index is 6.79. The standard InChI is InChI=1S/C19H23N/c1-14-9-10-16(12-15(14)2)13-19(20)11-5-7-17-6-3-4-8-18(17)19/h3-4,6,8-10,12H,5,7,11,13,20H2,1-2H3. The summed E-state index contributed by atoms with van der Waals surface area (Å²) in [5.41, 5.74) is 13.4. The summed E-state index contributed by atoms with van der Waals surface area (Å²) in [5, 5.41) is 0. The molecule has 1 heteroatoms. The Balaban J connectivity index is 1.95. The van der Waals surface area contributed by atoms with E-state index in [1.807, 2.05) is 0 Å². The molecular formula is C19H23N. The van der Waals surface area contributed by atoms with Crippen LogP contribution in [0.4, 0.5) is 0 Å². The van der Waals surface area contributed by atoms with E-state index in [0.717, 1.165) is 12.8 Å². The van der Waals surface area contributed by atoms with Gasteiger partial charge in [-0.25, -0.2) is 0 Å². The second-order valence-corrected chi connectivity index (χ2v) is 6.26. The number of fused-ring (bicyclic) bond motifs is 1. The lowest BCUT2D eigenvalue weighted by atomic mass is 9.74. The topological polar surface area (TPSA) is 26.0 Å². The quantitative estimate of drug-likeness (QED) is 0.871. The molecule has 3 rings (SSSR count). The van der Waals surface area contributed by atoms with Crippen LogP contribution in [0.1, 0.15) is 40.7 Å². The maximum absolute atomic E-state index is 6.79. The molecule has 0 saturated carbocycles. The zero-order chi connectivity index (χ0) is 14.2. The molecule has 1 nitrogen and oxygen atoms in total. The molecule has 2 aromatic rings. The number of nitrogens with two attached hydrogens (primary N) is 1. The van der Waals surface area contributed by atoms with Crippen molar-refractivity contribution in [3.05, 3.63) is 70.3 Å². The van der Waals surface area contributed by atoms with E-state index in [-0.39, 0.29) is 5.54 Å². The van der Waals surface area contributed by atoms with Crippen molar-refractivity contribution in [3.8, 4) is 0 Å². The van der Waals surface area contributed by atoms with Crippen LogP contribution in [-0.2, 0) is 18.4 Å². The highest BCUT2D eigenvalue weighted by Crippen LogP contribution is 2.36. The third kappa shape index (κ3) is 2.38. The third-order valence-corrected chi connectivity index (χ3v) is 4.71. The molecule has 1 aliphatic carbocycles. The van der Waals surface area contributed by atoms with Crippen molar-refractivity contribution in [2.75, 3.05) is 0 Å². The Kier molecular flexibility index (Phi) is 3.39. The van der Waals surface area contributed by atoms with Crippen molar-refractivity contribution < 1.29 is 0 Å². The minimum Gasteiger partial charge on any atom is -0.321 e. The normalized spacial score (nSPS) is 21.6. The first kappa shape index (κ1) is 13.4. The van der Waals surface area contributed by atoms with Gasteiger partial charge in [0.05, 0.1) is 0 Å². The van der Waals surface area contributed by atoms with E-state index in [1.54, 1.807) is 0 Å². The van der Waals surface area contributed by atoms with Crippen LogP contribution >= 0.6 is 0 Å². The SMILES string of the molecule is Cc1ccc(CC2(N)CCCc3ccccc32)cc1C. The van der Waals surface area contributed by atoms with Gasteiger partial charge in [-0.1, -0.05) is 42.5 Å². The van der Waals surface area contributed by atoms with Crippen LogP contribution in [0.25, 0.3) is 0 Å². The molecule has 0 aliphatic heterocycles. The summed E-state index contributed by atoms with van der Waals surface area (Å²) in [6.45, 7) is 4.34. The Morgan fingerprint density at radius 3 is 2.65 bits per heavy atom. The van der Waals surface area contributed by atoms with Crippen LogP contribution in [0.3, 0.4) is 0 Å². The molecule has 0 saturated heterocycles. The summed E-state index contributed by atoms with van der Waals surface area (Å²) >= 11 is 0. The van der Waals surface area contributed by atoms with Gasteiger partial charge in [-0.2, -0.15) is 0 Å². The second-order valence-electron chi connectivity index (χ2n) is 6.26. The molecule has 2 N–H and O–H groups in total. The highest BCUT2D eigenvalue weighted by atomic mass is 14.7. The molecule has 0 amide bonds. The summed E-state index contributed by atoms with van der Waals surface area (Å²) in [6, 6.07) is 15.4. The molecule has 1 aliphatic rings. The van der Waals surface area contributed by atoms with E-state index < -0.39 is 0 Å². The fraction of sp³-hybridized carbons (Fsp3) is 0.368. The molecule has 1 atom stereocenters. The Labute approximate surface area is 121 Å². The van der Waals surface area contributed by atoms with Crippen LogP contribution < -0.4 is 5.73 Å². The molecule has 1 unspecified atom stereocenters. The summed E-state index contributed by atoms with van der Waals surface area (Å²) in [6.07, 6.45) is 4.38. The van der Waals surface area contributed by atoms with E-state index in [4.69, 9.17) is 5.73 Å². The second kappa shape index (κ2) is 5.06. The predicted molar refractivity (Wildman–Crippen MR) is 84.9 cm³/mol. The van der Waals surface area contributed by atoms with Crippen LogP contribution in [0.5, 0.6) is 0 Å². The molecule has 0 heterocycles. The minimum absolute atomic E-state index is 0.198. The van der Waals surface area contributed by atoms with Crippen molar-refractivity contribution >= 4 is 0 Å². The lowest BCUT2D eigenvalue weighted by Gasteiger charge is -2.36. The van der Waals surface area contributed by atoms with Crippen molar-refractivity contribution in [1.29, 1.82) is 0 Å². The largest absolute Gasteiger partial charge is 0.321 e. The van der Waals surface area contributed by atoms with Gasteiger partial charge < -0.3 is 5.73 Å². The number of rotatable bonds is 2. The third-order valence-electron chi connectivity index (χ3n) is 4.71. The Bertz CT molecular complexity index is 629. The van der Waals surface area contributed by atoms with Gasteiger partial charge in [0.1, 0.15) is 0 Å². The van der Waals surface area contributed by atoms with Crippen molar-refractivity contribution in [2.24, 2.45) is 5.73 Å². The summed E-state index contributed by atoms with van der Waals surface area (Å²) in [4.78, 5) is 0. The summed E-state index contributed by atoms with van der Waals surface area (Å²) in [7, 11) is 0. The summed E-state index contributed by atoms with van der Waals surface area (Å²) < 4.78 is 0. The van der Waals surface area contributed by atoms with Crippen molar-refractivity contribution in [3.63, 3.8) is 0 Å². The fourth-order valence-electron chi connectivity index (χ4n) is 3.41. The van der Waals surface area contributed by atoms with Gasteiger partial charge in [0.15, 0.2) is 0 Å². The number of hydrogen-bond acceptors (Lipinski definition) is 1. The zero-order valence-electron chi connectivity index (χ0n) is 12.4. The molecule has 0 aromatic heterocycles. The van der Waals surface area contributed by atoms with E-state index in [0.29, 0.717) is 0 Å². The van der Waals surface area contributed by atoms with Crippen LogP contribution in [0, 0.1) is 13.8 Å². The smallest absolute Gasteiger partial charge is 0.0453 e. The average Bonchev–Trinajstić information content (AvgIpc) is 2.43. The molecule has 0 fully saturated rings. The first-order valence-electron chi connectivity index (χ1n) is 7.52. The Morgan fingerprint density at radius 2 is 1.85 bits per heavy atom. The lowest BCUT2D eigenvalue weighted by molar-refractivity contribution is 0.369. The molecule has 2 aromatic carbocycles. The van der Waals surface area contributed by atoms with Gasteiger partial charge >= 0.3 is 0 Å². The maximum Gasteiger partial charge on any atom is 0.0453 e. The van der Waals surface area contributed by atoms with Gasteiger partial charge in [0.25, 0.3) is 0 Å². The minimum atomic E-state index is -0.198. The van der Waals surface area contributed by atoms with Gasteiger partial charge in [0, 0.05) is 5.54 Å². The first-order chi connectivity index (χ1) is 9.58. The van der Waals surface area contributed by atoms with E-state index >= 15 is 0 Å². The first-order valence-corrected chi connectivity index (χ1v) is 7.52. The Morgan fingerprint density at radius 1 is 1.05 bits per heavy atom. The van der Waals surface area contributed by atoms with Gasteiger partial charge in [0.2, 0.25) is 0 Å². The van der Waals surface area contributed by atoms with Crippen LogP contribution in [-0.4, -0.2) is 0 Å². The van der Waals surface area contributed by atoms with E-state index in [1.165, 1.54) is 40.7 Å². The molecule has 20 heavy (non-hydrogen) atoms. The monoisotopic (exact) mass is 265 g/mol. The van der Waals surface area contributed by atoms with Crippen LogP contribution in [0.2, 0.25) is 0 Å². The molecule has 0 radical (unpaired) electrons. The van der Waals surface area contributed by atoms with Gasteiger partial charge in [-0.3, -0.25) is 0 Å². The zero-order valence-corrected chi connectivity index (χ0v) is 12.4. The van der Waals surface area contributed by atoms with Gasteiger partial charge in [-0.05, 0) is 67.3 Å². The van der Waals surface area contributed by atoms with E-state index in [2.05, 4.69) is 56.3 Å². The predicted octanol–water partition coefficient (Wildman–Crippen LogP) is 4.04. The van der Waals surface area contributed by atoms with Crippen molar-refractivity contribution in [1.82, 2.24) is 0 Å². The lowest BCUT2D eigenvalue weighted by Crippen LogP contribution is -2.42. The molecule has 0 spiro atoms. The molecule has 104 valence electrons. The highest BCUT2D eigenvalue weighted by molar-refractivity contribution is 5.39. The van der Waals surface area contributed by atoms with Gasteiger partial charge in [-0.15, -0.1) is 0 Å². The average molecular weight is 265 g/mol. The van der Waals surface area contributed by atoms with E-state index in [9.17, 15) is 0 Å². The number of hydrogen-bond donors (Lipinski definition) is 1. The number of benzene rings is 2. The van der Waals surface area contributed by atoms with Crippen LogP contribution in [0.15, 0.2) is 42.5 Å².